The van der Waals surface area contributed by atoms with Gasteiger partial charge in [-0.05, 0) is 44.7 Å². The first kappa shape index (κ1) is 17.0. The van der Waals surface area contributed by atoms with Crippen molar-refractivity contribution in [2.45, 2.75) is 51.6 Å². The summed E-state index contributed by atoms with van der Waals surface area (Å²) in [5, 5.41) is 0. The Kier molecular flexibility index (Phi) is 6.86. The summed E-state index contributed by atoms with van der Waals surface area (Å²) in [6, 6.07) is 1.21. The molecular formula is C14H29IN4. The van der Waals surface area contributed by atoms with Crippen molar-refractivity contribution < 1.29 is 0 Å². The van der Waals surface area contributed by atoms with Crippen molar-refractivity contribution >= 4 is 29.9 Å². The van der Waals surface area contributed by atoms with Crippen molar-refractivity contribution in [1.29, 1.82) is 0 Å². The molecule has 0 radical (unpaired) electrons. The second-order valence-electron chi connectivity index (χ2n) is 6.10. The molecule has 2 aliphatic rings. The Morgan fingerprint density at radius 2 is 1.89 bits per heavy atom. The SMILES string of the molecule is CC(C)C(CN=C(N)N(C)C1CC1)N1CCCC1.I. The third kappa shape index (κ3) is 4.77. The molecule has 0 aromatic heterocycles. The molecule has 1 aliphatic carbocycles. The van der Waals surface area contributed by atoms with Crippen molar-refractivity contribution in [3.05, 3.63) is 0 Å². The minimum absolute atomic E-state index is 0. The van der Waals surface area contributed by atoms with E-state index < -0.39 is 0 Å². The summed E-state index contributed by atoms with van der Waals surface area (Å²) in [5.41, 5.74) is 6.06. The minimum Gasteiger partial charge on any atom is -0.370 e. The summed E-state index contributed by atoms with van der Waals surface area (Å²) in [7, 11) is 2.07. The zero-order valence-electron chi connectivity index (χ0n) is 12.5. The van der Waals surface area contributed by atoms with Gasteiger partial charge in [-0.25, -0.2) is 0 Å². The van der Waals surface area contributed by atoms with Gasteiger partial charge in [0, 0.05) is 19.1 Å². The van der Waals surface area contributed by atoms with Gasteiger partial charge in [0.2, 0.25) is 0 Å². The van der Waals surface area contributed by atoms with E-state index in [4.69, 9.17) is 5.73 Å². The minimum atomic E-state index is 0. The molecule has 0 aromatic rings. The summed E-state index contributed by atoms with van der Waals surface area (Å²) in [4.78, 5) is 9.35. The maximum Gasteiger partial charge on any atom is 0.191 e. The molecule has 1 aliphatic heterocycles. The molecule has 1 saturated heterocycles. The maximum atomic E-state index is 6.06. The molecular weight excluding hydrogens is 351 g/mol. The summed E-state index contributed by atoms with van der Waals surface area (Å²) in [5.74, 6) is 1.37. The number of nitrogens with zero attached hydrogens (tertiary/aromatic N) is 3. The lowest BCUT2D eigenvalue weighted by atomic mass is 10.0. The number of halogens is 1. The molecule has 5 heteroatoms. The smallest absolute Gasteiger partial charge is 0.191 e. The number of hydrogen-bond donors (Lipinski definition) is 1. The first-order chi connectivity index (χ1) is 8.59. The van der Waals surface area contributed by atoms with Crippen LogP contribution in [0, 0.1) is 5.92 Å². The number of nitrogens with two attached hydrogens (primary N) is 1. The van der Waals surface area contributed by atoms with Crippen LogP contribution in [0.15, 0.2) is 4.99 Å². The first-order valence-corrected chi connectivity index (χ1v) is 7.36. The second kappa shape index (κ2) is 7.67. The predicted octanol–water partition coefficient (Wildman–Crippen LogP) is 2.13. The summed E-state index contributed by atoms with van der Waals surface area (Å²) in [6.45, 7) is 7.90. The fraction of sp³-hybridized carbons (Fsp3) is 0.929. The predicted molar refractivity (Wildman–Crippen MR) is 92.1 cm³/mol. The van der Waals surface area contributed by atoms with Gasteiger partial charge in [0.15, 0.2) is 5.96 Å². The van der Waals surface area contributed by atoms with Gasteiger partial charge in [0.05, 0.1) is 6.54 Å². The van der Waals surface area contributed by atoms with E-state index in [-0.39, 0.29) is 24.0 Å². The van der Waals surface area contributed by atoms with Crippen LogP contribution in [0.5, 0.6) is 0 Å². The van der Waals surface area contributed by atoms with E-state index in [0.717, 1.165) is 12.5 Å². The molecule has 0 spiro atoms. The molecule has 1 saturated carbocycles. The van der Waals surface area contributed by atoms with Gasteiger partial charge in [-0.1, -0.05) is 13.8 Å². The van der Waals surface area contributed by atoms with E-state index in [1.165, 1.54) is 38.8 Å². The van der Waals surface area contributed by atoms with E-state index in [9.17, 15) is 0 Å². The largest absolute Gasteiger partial charge is 0.370 e. The Balaban J connectivity index is 0.00000180. The van der Waals surface area contributed by atoms with Crippen LogP contribution in [0.25, 0.3) is 0 Å². The van der Waals surface area contributed by atoms with Gasteiger partial charge in [0.1, 0.15) is 0 Å². The molecule has 1 atom stereocenters. The quantitative estimate of drug-likeness (QED) is 0.452. The molecule has 19 heavy (non-hydrogen) atoms. The van der Waals surface area contributed by atoms with Crippen LogP contribution in [-0.4, -0.2) is 54.5 Å². The van der Waals surface area contributed by atoms with E-state index in [2.05, 4.69) is 35.7 Å². The number of rotatable bonds is 5. The van der Waals surface area contributed by atoms with Crippen LogP contribution < -0.4 is 5.73 Å². The van der Waals surface area contributed by atoms with Gasteiger partial charge in [-0.3, -0.25) is 9.89 Å². The van der Waals surface area contributed by atoms with Gasteiger partial charge >= 0.3 is 0 Å². The molecule has 1 unspecified atom stereocenters. The highest BCUT2D eigenvalue weighted by Crippen LogP contribution is 2.25. The zero-order chi connectivity index (χ0) is 13.1. The third-order valence-corrected chi connectivity index (χ3v) is 4.28. The van der Waals surface area contributed by atoms with Crippen molar-refractivity contribution in [2.24, 2.45) is 16.6 Å². The topological polar surface area (TPSA) is 44.9 Å². The first-order valence-electron chi connectivity index (χ1n) is 7.36. The second-order valence-corrected chi connectivity index (χ2v) is 6.10. The van der Waals surface area contributed by atoms with E-state index >= 15 is 0 Å². The zero-order valence-corrected chi connectivity index (χ0v) is 14.8. The lowest BCUT2D eigenvalue weighted by Crippen LogP contribution is -2.41. The van der Waals surface area contributed by atoms with Gasteiger partial charge < -0.3 is 10.6 Å². The number of guanidine groups is 1. The Morgan fingerprint density at radius 1 is 1.32 bits per heavy atom. The fourth-order valence-electron chi connectivity index (χ4n) is 2.77. The van der Waals surface area contributed by atoms with Crippen LogP contribution in [0.1, 0.15) is 39.5 Å². The molecule has 0 amide bonds. The number of aliphatic imine (C=N–C) groups is 1. The van der Waals surface area contributed by atoms with Crippen molar-refractivity contribution in [3.63, 3.8) is 0 Å². The molecule has 0 bridgehead atoms. The fourth-order valence-corrected chi connectivity index (χ4v) is 2.77. The number of likely N-dealkylation sites (tertiary alicyclic amines) is 1. The monoisotopic (exact) mass is 380 g/mol. The standard InChI is InChI=1S/C14H28N4.HI/c1-11(2)13(18-8-4-5-9-18)10-16-14(15)17(3)12-6-7-12;/h11-13H,4-10H2,1-3H3,(H2,15,16);1H. The molecule has 4 nitrogen and oxygen atoms in total. The Hall–Kier alpha value is -0.0400. The Bertz CT molecular complexity index is 296. The Morgan fingerprint density at radius 3 is 2.37 bits per heavy atom. The van der Waals surface area contributed by atoms with Crippen molar-refractivity contribution in [3.8, 4) is 0 Å². The van der Waals surface area contributed by atoms with E-state index in [1.54, 1.807) is 0 Å². The Labute approximate surface area is 134 Å². The van der Waals surface area contributed by atoms with Gasteiger partial charge in [-0.15, -0.1) is 24.0 Å². The van der Waals surface area contributed by atoms with E-state index in [0.29, 0.717) is 18.0 Å². The molecule has 2 fully saturated rings. The number of hydrogen-bond acceptors (Lipinski definition) is 2. The molecule has 0 aromatic carbocycles. The van der Waals surface area contributed by atoms with Crippen LogP contribution >= 0.6 is 24.0 Å². The normalized spacial score (nSPS) is 22.4. The average Bonchev–Trinajstić information content (AvgIpc) is 3.05. The van der Waals surface area contributed by atoms with Crippen LogP contribution in [0.4, 0.5) is 0 Å². The van der Waals surface area contributed by atoms with Gasteiger partial charge in [0.25, 0.3) is 0 Å². The highest BCUT2D eigenvalue weighted by Gasteiger charge is 2.28. The van der Waals surface area contributed by atoms with Crippen molar-refractivity contribution in [2.75, 3.05) is 26.7 Å². The summed E-state index contributed by atoms with van der Waals surface area (Å²) >= 11 is 0. The lowest BCUT2D eigenvalue weighted by Gasteiger charge is -2.30. The highest BCUT2D eigenvalue weighted by molar-refractivity contribution is 14.0. The molecule has 1 heterocycles. The van der Waals surface area contributed by atoms with E-state index in [1.807, 2.05) is 0 Å². The van der Waals surface area contributed by atoms with Crippen LogP contribution in [0.3, 0.4) is 0 Å². The summed E-state index contributed by atoms with van der Waals surface area (Å²) in [6.07, 6.45) is 5.22. The molecule has 2 rings (SSSR count). The van der Waals surface area contributed by atoms with Crippen LogP contribution in [0.2, 0.25) is 0 Å². The average molecular weight is 380 g/mol. The lowest BCUT2D eigenvalue weighted by molar-refractivity contribution is 0.197. The molecule has 2 N–H and O–H groups in total. The van der Waals surface area contributed by atoms with Crippen molar-refractivity contribution in [1.82, 2.24) is 9.80 Å². The maximum absolute atomic E-state index is 6.06. The summed E-state index contributed by atoms with van der Waals surface area (Å²) < 4.78 is 0. The highest BCUT2D eigenvalue weighted by atomic mass is 127. The van der Waals surface area contributed by atoms with Crippen LogP contribution in [-0.2, 0) is 0 Å². The molecule has 112 valence electrons. The van der Waals surface area contributed by atoms with Gasteiger partial charge in [-0.2, -0.15) is 0 Å². The third-order valence-electron chi connectivity index (χ3n) is 4.28.